The number of aliphatic hydroxyl groups is 1. The molecule has 1 aromatic carbocycles. The first kappa shape index (κ1) is 30.7. The first-order valence-corrected chi connectivity index (χ1v) is 16.2. The average Bonchev–Trinajstić information content (AvgIpc) is 3.72. The maximum atomic E-state index is 17.0. The van der Waals surface area contributed by atoms with Crippen molar-refractivity contribution in [2.24, 2.45) is 0 Å². The van der Waals surface area contributed by atoms with Gasteiger partial charge in [0.05, 0.1) is 42.4 Å². The van der Waals surface area contributed by atoms with E-state index in [0.717, 1.165) is 60.8 Å². The van der Waals surface area contributed by atoms with E-state index in [2.05, 4.69) is 20.1 Å². The van der Waals surface area contributed by atoms with E-state index >= 15 is 4.39 Å². The van der Waals surface area contributed by atoms with Crippen LogP contribution in [0, 0.1) is 12.7 Å². The Balaban J connectivity index is 1.36. The summed E-state index contributed by atoms with van der Waals surface area (Å²) in [5.41, 5.74) is 3.45. The molecule has 13 heteroatoms. The highest BCUT2D eigenvalue weighted by atomic mass is 19.1. The molecule has 0 saturated carbocycles. The van der Waals surface area contributed by atoms with Gasteiger partial charge in [-0.15, -0.1) is 0 Å². The van der Waals surface area contributed by atoms with Gasteiger partial charge in [0.15, 0.2) is 5.82 Å². The van der Waals surface area contributed by atoms with Crippen molar-refractivity contribution in [3.8, 4) is 17.3 Å². The molecule has 0 aliphatic carbocycles. The van der Waals surface area contributed by atoms with E-state index in [-0.39, 0.29) is 36.0 Å². The number of pyridine rings is 1. The van der Waals surface area contributed by atoms with Gasteiger partial charge < -0.3 is 24.2 Å². The molecule has 0 radical (unpaired) electrons. The molecule has 244 valence electrons. The van der Waals surface area contributed by atoms with Gasteiger partial charge in [0.1, 0.15) is 29.7 Å². The molecule has 1 unspecified atom stereocenters. The normalized spacial score (nSPS) is 19.9. The molecule has 1 atom stereocenters. The number of carbonyl (C=O) groups excluding carboxylic acids is 1. The largest absolute Gasteiger partial charge is 0.461 e. The van der Waals surface area contributed by atoms with Crippen LogP contribution in [-0.4, -0.2) is 105 Å². The van der Waals surface area contributed by atoms with Crippen molar-refractivity contribution in [3.63, 3.8) is 0 Å². The van der Waals surface area contributed by atoms with Crippen LogP contribution in [-0.2, 0) is 20.7 Å². The quantitative estimate of drug-likeness (QED) is 0.261. The van der Waals surface area contributed by atoms with Gasteiger partial charge in [-0.25, -0.2) is 4.39 Å². The Bertz CT molecular complexity index is 1750. The Morgan fingerprint density at radius 1 is 1.20 bits per heavy atom. The summed E-state index contributed by atoms with van der Waals surface area (Å²) in [4.78, 5) is 30.5. The van der Waals surface area contributed by atoms with Crippen LogP contribution in [0.2, 0.25) is 0 Å². The summed E-state index contributed by atoms with van der Waals surface area (Å²) in [6, 6.07) is 2.08. The third kappa shape index (κ3) is 5.64. The van der Waals surface area contributed by atoms with Gasteiger partial charge in [-0.1, -0.05) is 0 Å². The van der Waals surface area contributed by atoms with Crippen LogP contribution in [0.5, 0.6) is 6.01 Å². The van der Waals surface area contributed by atoms with Gasteiger partial charge in [-0.2, -0.15) is 15.1 Å². The lowest BCUT2D eigenvalue weighted by molar-refractivity contribution is -0.148. The van der Waals surface area contributed by atoms with Gasteiger partial charge in [-0.3, -0.25) is 19.8 Å². The number of fused-ring (bicyclic) bond motifs is 3. The number of H-pyrrole nitrogens is 1. The summed E-state index contributed by atoms with van der Waals surface area (Å²) in [6.45, 7) is 7.28. The first-order chi connectivity index (χ1) is 22.4. The Morgan fingerprint density at radius 2 is 2.02 bits per heavy atom. The zero-order chi connectivity index (χ0) is 31.8. The van der Waals surface area contributed by atoms with E-state index in [1.165, 1.54) is 6.92 Å². The molecular formula is C33H40FN7O5. The number of nitrogens with one attached hydrogen (secondary N) is 1. The smallest absolute Gasteiger partial charge is 0.319 e. The Labute approximate surface area is 266 Å². The lowest BCUT2D eigenvalue weighted by Gasteiger charge is -2.31. The van der Waals surface area contributed by atoms with Gasteiger partial charge >= 0.3 is 12.0 Å². The van der Waals surface area contributed by atoms with Crippen LogP contribution in [0.15, 0.2) is 18.5 Å². The second-order valence-electron chi connectivity index (χ2n) is 12.7. The molecule has 7 rings (SSSR count). The minimum atomic E-state index is -0.589. The average molecular weight is 634 g/mol. The molecular weight excluding hydrogens is 593 g/mol. The number of hydrogen-bond donors (Lipinski definition) is 2. The monoisotopic (exact) mass is 633 g/mol. The van der Waals surface area contributed by atoms with Gasteiger partial charge in [0.2, 0.25) is 0 Å². The fourth-order valence-electron chi connectivity index (χ4n) is 7.56. The number of benzene rings is 1. The lowest BCUT2D eigenvalue weighted by Crippen LogP contribution is -2.43. The van der Waals surface area contributed by atoms with E-state index in [1.807, 2.05) is 17.9 Å². The predicted molar refractivity (Wildman–Crippen MR) is 169 cm³/mol. The summed E-state index contributed by atoms with van der Waals surface area (Å²) < 4.78 is 34.7. The Hall–Kier alpha value is -3.94. The number of esters is 1. The fourth-order valence-corrected chi connectivity index (χ4v) is 7.56. The molecule has 3 aliphatic rings. The maximum absolute atomic E-state index is 17.0. The number of aliphatic hydroxyl groups excluding tert-OH is 1. The van der Waals surface area contributed by atoms with Crippen LogP contribution in [0.1, 0.15) is 50.2 Å². The summed E-state index contributed by atoms with van der Waals surface area (Å²) >= 11 is 0. The number of aromatic amines is 1. The number of ether oxygens (including phenoxy) is 3. The SMILES string of the molecule is CC(=O)OC1COCCN(c2nc(OCC34CCCN3CCC4)nc3c(F)c(-c4c(CCCO)c(C)cc5[nH]ncc45)ncc23)C1. The number of anilines is 1. The van der Waals surface area contributed by atoms with Gasteiger partial charge in [0.25, 0.3) is 0 Å². The topological polar surface area (TPSA) is 139 Å². The van der Waals surface area contributed by atoms with Crippen LogP contribution in [0.25, 0.3) is 33.1 Å². The summed E-state index contributed by atoms with van der Waals surface area (Å²) in [6.07, 6.45) is 8.19. The molecule has 46 heavy (non-hydrogen) atoms. The molecule has 4 aromatic rings. The van der Waals surface area contributed by atoms with Crippen molar-refractivity contribution >= 4 is 33.6 Å². The number of aromatic nitrogens is 5. The van der Waals surface area contributed by atoms with E-state index in [9.17, 15) is 9.90 Å². The number of rotatable bonds is 9. The van der Waals surface area contributed by atoms with E-state index in [1.54, 1.807) is 12.4 Å². The molecule has 0 spiro atoms. The van der Waals surface area contributed by atoms with Crippen molar-refractivity contribution in [2.45, 2.75) is 64.0 Å². The van der Waals surface area contributed by atoms with Gasteiger partial charge in [0, 0.05) is 37.2 Å². The first-order valence-electron chi connectivity index (χ1n) is 16.2. The summed E-state index contributed by atoms with van der Waals surface area (Å²) in [5.74, 6) is -0.540. The minimum Gasteiger partial charge on any atom is -0.461 e. The van der Waals surface area contributed by atoms with E-state index in [0.29, 0.717) is 55.9 Å². The minimum absolute atomic E-state index is 0.0139. The second kappa shape index (κ2) is 12.7. The summed E-state index contributed by atoms with van der Waals surface area (Å²) in [7, 11) is 0. The van der Waals surface area contributed by atoms with E-state index < -0.39 is 17.9 Å². The zero-order valence-electron chi connectivity index (χ0n) is 26.4. The number of aryl methyl sites for hydroxylation is 1. The molecule has 3 aromatic heterocycles. The molecule has 3 aliphatic heterocycles. The molecule has 3 fully saturated rings. The molecule has 0 amide bonds. The van der Waals surface area contributed by atoms with Crippen LogP contribution in [0.4, 0.5) is 10.2 Å². The number of carbonyl (C=O) groups is 1. The number of nitrogens with zero attached hydrogens (tertiary/aromatic N) is 6. The van der Waals surface area contributed by atoms with Crippen molar-refractivity contribution in [1.29, 1.82) is 0 Å². The molecule has 0 bridgehead atoms. The van der Waals surface area contributed by atoms with Crippen LogP contribution >= 0.6 is 0 Å². The van der Waals surface area contributed by atoms with E-state index in [4.69, 9.17) is 24.2 Å². The predicted octanol–water partition coefficient (Wildman–Crippen LogP) is 3.72. The molecule has 12 nitrogen and oxygen atoms in total. The van der Waals surface area contributed by atoms with Crippen LogP contribution in [0.3, 0.4) is 0 Å². The molecule has 3 saturated heterocycles. The van der Waals surface area contributed by atoms with Crippen molar-refractivity contribution in [2.75, 3.05) is 57.5 Å². The highest BCUT2D eigenvalue weighted by Crippen LogP contribution is 2.41. The zero-order valence-corrected chi connectivity index (χ0v) is 26.4. The number of halogens is 1. The second-order valence-corrected chi connectivity index (χ2v) is 12.7. The Morgan fingerprint density at radius 3 is 2.80 bits per heavy atom. The maximum Gasteiger partial charge on any atom is 0.319 e. The standard InChI is InChI=1S/C33H40FN7O5/c1-20-14-26-24(16-36-39-26)27(23(20)6-3-12-42)30-28(34)29-25(15-35-30)31(40-11-13-44-18-22(17-40)46-21(2)43)38-32(37-29)45-19-33-7-4-9-41(33)10-5-8-33/h14-16,22,42H,3-13,17-19H2,1-2H3,(H,36,39). The third-order valence-electron chi connectivity index (χ3n) is 9.69. The lowest BCUT2D eigenvalue weighted by atomic mass is 9.92. The molecule has 2 N–H and O–H groups in total. The van der Waals surface area contributed by atoms with Gasteiger partial charge in [-0.05, 0) is 75.7 Å². The fraction of sp³-hybridized carbons (Fsp3) is 0.545. The Kier molecular flexibility index (Phi) is 8.47. The summed E-state index contributed by atoms with van der Waals surface area (Å²) in [5, 5.41) is 18.0. The highest BCUT2D eigenvalue weighted by molar-refractivity contribution is 5.99. The van der Waals surface area contributed by atoms with Crippen molar-refractivity contribution in [1.82, 2.24) is 30.0 Å². The molecule has 6 heterocycles. The number of hydrogen-bond acceptors (Lipinski definition) is 11. The highest BCUT2D eigenvalue weighted by Gasteiger charge is 2.45. The van der Waals surface area contributed by atoms with Crippen molar-refractivity contribution < 1.29 is 28.5 Å². The van der Waals surface area contributed by atoms with Crippen molar-refractivity contribution in [3.05, 3.63) is 35.4 Å². The van der Waals surface area contributed by atoms with Crippen LogP contribution < -0.4 is 9.64 Å². The third-order valence-corrected chi connectivity index (χ3v) is 9.69.